The summed E-state index contributed by atoms with van der Waals surface area (Å²) in [5, 5.41) is 0.707. The summed E-state index contributed by atoms with van der Waals surface area (Å²) in [6, 6.07) is 14.1. The summed E-state index contributed by atoms with van der Waals surface area (Å²) in [6.07, 6.45) is 1.87. The highest BCUT2D eigenvalue weighted by Gasteiger charge is 2.29. The van der Waals surface area contributed by atoms with E-state index in [2.05, 4.69) is 40.0 Å². The molecule has 134 valence electrons. The molecule has 2 aromatic rings. The molecule has 0 N–H and O–H groups in total. The molecule has 0 aromatic heterocycles. The van der Waals surface area contributed by atoms with E-state index < -0.39 is 0 Å². The Kier molecular flexibility index (Phi) is 5.84. The lowest BCUT2D eigenvalue weighted by atomic mass is 10.1. The number of hydrogen-bond acceptors (Lipinski definition) is 4. The first-order valence-electron chi connectivity index (χ1n) is 8.10. The van der Waals surface area contributed by atoms with Crippen LogP contribution < -0.4 is 4.74 Å². The van der Waals surface area contributed by atoms with Crippen molar-refractivity contribution in [3.8, 4) is 5.75 Å². The van der Waals surface area contributed by atoms with E-state index in [-0.39, 0.29) is 5.91 Å². The number of rotatable bonds is 4. The zero-order chi connectivity index (χ0) is 18.7. The Morgan fingerprint density at radius 2 is 2.08 bits per heavy atom. The highest BCUT2D eigenvalue weighted by molar-refractivity contribution is 9.10. The quantitative estimate of drug-likeness (QED) is 0.649. The molecule has 0 unspecified atom stereocenters. The van der Waals surface area contributed by atoms with Crippen LogP contribution in [0.4, 0.5) is 0 Å². The van der Waals surface area contributed by atoms with E-state index >= 15 is 0 Å². The van der Waals surface area contributed by atoms with Crippen molar-refractivity contribution in [3.63, 3.8) is 0 Å². The number of aliphatic imine (C=N–C) groups is 1. The summed E-state index contributed by atoms with van der Waals surface area (Å²) in [5.74, 6) is 0.735. The fourth-order valence-electron chi connectivity index (χ4n) is 2.59. The van der Waals surface area contributed by atoms with Gasteiger partial charge in [-0.15, -0.1) is 0 Å². The van der Waals surface area contributed by atoms with Crippen LogP contribution in [0.5, 0.6) is 5.75 Å². The maximum Gasteiger partial charge on any atom is 0.266 e. The summed E-state index contributed by atoms with van der Waals surface area (Å²) in [7, 11) is 3.42. The molecule has 26 heavy (non-hydrogen) atoms. The molecule has 0 saturated carbocycles. The summed E-state index contributed by atoms with van der Waals surface area (Å²) in [4.78, 5) is 18.6. The molecule has 1 saturated heterocycles. The minimum Gasteiger partial charge on any atom is -0.488 e. The first-order chi connectivity index (χ1) is 12.5. The van der Waals surface area contributed by atoms with E-state index in [1.165, 1.54) is 17.3 Å². The largest absolute Gasteiger partial charge is 0.488 e. The number of nitrogens with zero attached hydrogens (tertiary/aromatic N) is 2. The molecule has 3 rings (SSSR count). The number of halogens is 1. The second-order valence-corrected chi connectivity index (χ2v) is 7.81. The molecule has 0 radical (unpaired) electrons. The molecule has 1 aliphatic heterocycles. The van der Waals surface area contributed by atoms with Crippen molar-refractivity contribution in [3.05, 3.63) is 68.5 Å². The van der Waals surface area contributed by atoms with Gasteiger partial charge in [-0.25, -0.2) is 0 Å². The Bertz CT molecular complexity index is 908. The van der Waals surface area contributed by atoms with Gasteiger partial charge >= 0.3 is 0 Å². The van der Waals surface area contributed by atoms with Crippen LogP contribution in [0.1, 0.15) is 16.7 Å². The van der Waals surface area contributed by atoms with Crippen LogP contribution in [-0.2, 0) is 11.4 Å². The zero-order valence-corrected chi connectivity index (χ0v) is 17.2. The number of amides is 1. The number of carbonyl (C=O) groups excluding carboxylic acids is 1. The van der Waals surface area contributed by atoms with Crippen molar-refractivity contribution in [2.45, 2.75) is 13.5 Å². The smallest absolute Gasteiger partial charge is 0.266 e. The molecule has 1 aliphatic rings. The average molecular weight is 431 g/mol. The van der Waals surface area contributed by atoms with Gasteiger partial charge in [0.25, 0.3) is 5.91 Å². The predicted molar refractivity (Wildman–Crippen MR) is 111 cm³/mol. The van der Waals surface area contributed by atoms with Crippen LogP contribution in [0.2, 0.25) is 0 Å². The van der Waals surface area contributed by atoms with Crippen LogP contribution in [-0.4, -0.2) is 30.1 Å². The van der Waals surface area contributed by atoms with Gasteiger partial charge in [-0.05, 0) is 64.0 Å². The van der Waals surface area contributed by atoms with Crippen LogP contribution >= 0.6 is 27.7 Å². The maximum atomic E-state index is 12.2. The van der Waals surface area contributed by atoms with Gasteiger partial charge in [-0.2, -0.15) is 0 Å². The highest BCUT2D eigenvalue weighted by atomic mass is 79.9. The van der Waals surface area contributed by atoms with E-state index in [9.17, 15) is 4.79 Å². The molecule has 0 aliphatic carbocycles. The molecule has 0 bridgehead atoms. The number of amidine groups is 1. The first kappa shape index (κ1) is 18.7. The second kappa shape index (κ2) is 8.10. The fourth-order valence-corrected chi connectivity index (χ4v) is 4.03. The molecular formula is C20H19BrN2O2S. The van der Waals surface area contributed by atoms with Gasteiger partial charge < -0.3 is 4.74 Å². The van der Waals surface area contributed by atoms with Crippen LogP contribution in [0, 0.1) is 6.92 Å². The van der Waals surface area contributed by atoms with Gasteiger partial charge in [0.2, 0.25) is 0 Å². The summed E-state index contributed by atoms with van der Waals surface area (Å²) < 4.78 is 6.76. The monoisotopic (exact) mass is 430 g/mol. The molecule has 0 atom stereocenters. The van der Waals surface area contributed by atoms with Crippen molar-refractivity contribution in [2.75, 3.05) is 14.1 Å². The van der Waals surface area contributed by atoms with Gasteiger partial charge in [0.05, 0.1) is 9.38 Å². The molecule has 1 heterocycles. The van der Waals surface area contributed by atoms with Gasteiger partial charge in [0.15, 0.2) is 5.17 Å². The highest BCUT2D eigenvalue weighted by Crippen LogP contribution is 2.33. The lowest BCUT2D eigenvalue weighted by molar-refractivity contribution is -0.121. The minimum atomic E-state index is -0.0357. The Morgan fingerprint density at radius 1 is 1.27 bits per heavy atom. The van der Waals surface area contributed by atoms with Crippen molar-refractivity contribution in [2.24, 2.45) is 4.99 Å². The molecule has 1 amide bonds. The van der Waals surface area contributed by atoms with E-state index in [0.717, 1.165) is 21.3 Å². The first-order valence-corrected chi connectivity index (χ1v) is 9.71. The predicted octanol–water partition coefficient (Wildman–Crippen LogP) is 4.87. The number of ether oxygens (including phenoxy) is 1. The summed E-state index contributed by atoms with van der Waals surface area (Å²) in [6.45, 7) is 2.58. The van der Waals surface area contributed by atoms with Gasteiger partial charge in [-0.1, -0.05) is 35.9 Å². The number of thioether (sulfide) groups is 1. The lowest BCUT2D eigenvalue weighted by Gasteiger charge is -2.09. The Hall–Kier alpha value is -2.05. The summed E-state index contributed by atoms with van der Waals surface area (Å²) in [5.41, 5.74) is 3.28. The van der Waals surface area contributed by atoms with Crippen molar-refractivity contribution in [1.29, 1.82) is 0 Å². The number of hydrogen-bond donors (Lipinski definition) is 0. The van der Waals surface area contributed by atoms with E-state index in [4.69, 9.17) is 4.74 Å². The molecule has 0 spiro atoms. The van der Waals surface area contributed by atoms with E-state index in [1.54, 1.807) is 19.0 Å². The maximum absolute atomic E-state index is 12.2. The van der Waals surface area contributed by atoms with Gasteiger partial charge in [0, 0.05) is 14.1 Å². The second-order valence-electron chi connectivity index (χ2n) is 5.95. The van der Waals surface area contributed by atoms with E-state index in [0.29, 0.717) is 16.7 Å². The molecule has 2 aromatic carbocycles. The van der Waals surface area contributed by atoms with Gasteiger partial charge in [-0.3, -0.25) is 14.7 Å². The van der Waals surface area contributed by atoms with Crippen LogP contribution in [0.15, 0.2) is 56.8 Å². The van der Waals surface area contributed by atoms with E-state index in [1.807, 2.05) is 36.4 Å². The Balaban J connectivity index is 1.74. The third-order valence-corrected chi connectivity index (χ3v) is 5.70. The standard InChI is InChI=1S/C20H19BrN2O2S/c1-13-5-4-6-15(9-13)12-25-17-8-7-14(10-16(17)21)11-18-19(24)23(3)20(22-2)26-18/h4-11H,12H2,1-3H3/b18-11+,22-20?. The van der Waals surface area contributed by atoms with Gasteiger partial charge in [0.1, 0.15) is 12.4 Å². The fraction of sp³-hybridized carbons (Fsp3) is 0.200. The Labute approximate surface area is 166 Å². The summed E-state index contributed by atoms with van der Waals surface area (Å²) >= 11 is 4.94. The molecular weight excluding hydrogens is 412 g/mol. The number of benzene rings is 2. The Morgan fingerprint density at radius 3 is 2.73 bits per heavy atom. The average Bonchev–Trinajstić information content (AvgIpc) is 2.89. The SMILES string of the molecule is CN=C1S/C(=C/c2ccc(OCc3cccc(C)c3)c(Br)c2)C(=O)N1C. The normalized spacial score (nSPS) is 17.4. The number of carbonyl (C=O) groups is 1. The third kappa shape index (κ3) is 4.19. The molecule has 4 nitrogen and oxygen atoms in total. The molecule has 6 heteroatoms. The van der Waals surface area contributed by atoms with Crippen molar-refractivity contribution >= 4 is 44.8 Å². The topological polar surface area (TPSA) is 41.9 Å². The van der Waals surface area contributed by atoms with Crippen LogP contribution in [0.3, 0.4) is 0 Å². The zero-order valence-electron chi connectivity index (χ0n) is 14.8. The van der Waals surface area contributed by atoms with Crippen molar-refractivity contribution in [1.82, 2.24) is 4.90 Å². The number of likely N-dealkylation sites (N-methyl/N-ethyl adjacent to an activating group) is 1. The molecule has 1 fully saturated rings. The third-order valence-electron chi connectivity index (χ3n) is 3.93. The minimum absolute atomic E-state index is 0.0357. The van der Waals surface area contributed by atoms with Crippen molar-refractivity contribution < 1.29 is 9.53 Å². The van der Waals surface area contributed by atoms with Crippen LogP contribution in [0.25, 0.3) is 6.08 Å². The number of aryl methyl sites for hydroxylation is 1. The lowest BCUT2D eigenvalue weighted by Crippen LogP contribution is -2.23.